The van der Waals surface area contributed by atoms with Gasteiger partial charge >= 0.3 is 0 Å². The van der Waals surface area contributed by atoms with E-state index in [0.717, 1.165) is 24.8 Å². The van der Waals surface area contributed by atoms with Gasteiger partial charge in [0.2, 0.25) is 0 Å². The molecule has 0 amide bonds. The average Bonchev–Trinajstić information content (AvgIpc) is 2.25. The summed E-state index contributed by atoms with van der Waals surface area (Å²) >= 11 is 0. The Labute approximate surface area is 111 Å². The van der Waals surface area contributed by atoms with Gasteiger partial charge < -0.3 is 10.6 Å². The predicted octanol–water partition coefficient (Wildman–Crippen LogP) is 1.02. The second kappa shape index (κ2) is 9.19. The van der Waals surface area contributed by atoms with Gasteiger partial charge in [0.15, 0.2) is 5.96 Å². The third kappa shape index (κ3) is 11.7. The molecule has 0 fully saturated rings. The van der Waals surface area contributed by atoms with Crippen molar-refractivity contribution in [1.82, 2.24) is 10.6 Å². The minimum Gasteiger partial charge on any atom is -0.356 e. The van der Waals surface area contributed by atoms with E-state index in [2.05, 4.69) is 29.5 Å². The summed E-state index contributed by atoms with van der Waals surface area (Å²) in [6.45, 7) is 5.93. The van der Waals surface area contributed by atoms with E-state index in [1.165, 1.54) is 12.7 Å². The zero-order valence-electron chi connectivity index (χ0n) is 12.0. The topological polar surface area (TPSA) is 70.6 Å². The van der Waals surface area contributed by atoms with Crippen LogP contribution in [-0.2, 0) is 9.84 Å². The lowest BCUT2D eigenvalue weighted by Crippen LogP contribution is -2.38. The molecule has 108 valence electrons. The van der Waals surface area contributed by atoms with Gasteiger partial charge in [-0.3, -0.25) is 4.99 Å². The number of hydrogen-bond donors (Lipinski definition) is 2. The Morgan fingerprint density at radius 3 is 2.17 bits per heavy atom. The van der Waals surface area contributed by atoms with Gasteiger partial charge in [-0.15, -0.1) is 0 Å². The van der Waals surface area contributed by atoms with Crippen LogP contribution >= 0.6 is 0 Å². The molecule has 0 unspecified atom stereocenters. The summed E-state index contributed by atoms with van der Waals surface area (Å²) in [5, 5.41) is 6.32. The molecular weight excluding hydrogens is 250 g/mol. The monoisotopic (exact) mass is 277 g/mol. The highest BCUT2D eigenvalue weighted by Crippen LogP contribution is 2.01. The molecule has 5 nitrogen and oxygen atoms in total. The largest absolute Gasteiger partial charge is 0.356 e. The molecule has 0 rings (SSSR count). The summed E-state index contributed by atoms with van der Waals surface area (Å²) in [5.74, 6) is 1.67. The van der Waals surface area contributed by atoms with E-state index in [4.69, 9.17) is 0 Å². The van der Waals surface area contributed by atoms with Crippen molar-refractivity contribution in [3.05, 3.63) is 0 Å². The average molecular weight is 277 g/mol. The Kier molecular flexibility index (Phi) is 8.79. The van der Waals surface area contributed by atoms with Gasteiger partial charge in [0, 0.05) is 26.4 Å². The summed E-state index contributed by atoms with van der Waals surface area (Å²) in [6, 6.07) is 0. The van der Waals surface area contributed by atoms with Crippen molar-refractivity contribution in [3.8, 4) is 0 Å². The van der Waals surface area contributed by atoms with Gasteiger partial charge in [0.1, 0.15) is 9.84 Å². The molecule has 0 aromatic carbocycles. The first kappa shape index (κ1) is 17.2. The van der Waals surface area contributed by atoms with Gasteiger partial charge in [-0.05, 0) is 25.2 Å². The van der Waals surface area contributed by atoms with Crippen molar-refractivity contribution >= 4 is 15.8 Å². The van der Waals surface area contributed by atoms with Gasteiger partial charge in [-0.1, -0.05) is 13.8 Å². The summed E-state index contributed by atoms with van der Waals surface area (Å²) < 4.78 is 21.9. The maximum absolute atomic E-state index is 10.9. The SMILES string of the molecule is CN=C(NCCCC(C)C)NCCCS(C)(=O)=O. The zero-order valence-corrected chi connectivity index (χ0v) is 12.8. The molecule has 0 aliphatic heterocycles. The molecule has 0 aromatic rings. The molecule has 0 aromatic heterocycles. The van der Waals surface area contributed by atoms with Crippen LogP contribution < -0.4 is 10.6 Å². The first-order chi connectivity index (χ1) is 8.35. The van der Waals surface area contributed by atoms with Crippen LogP contribution in [0.1, 0.15) is 33.1 Å². The molecule has 6 heteroatoms. The van der Waals surface area contributed by atoms with E-state index < -0.39 is 9.84 Å². The number of aliphatic imine (C=N–C) groups is 1. The van der Waals surface area contributed by atoms with Gasteiger partial charge in [0.05, 0.1) is 5.75 Å². The number of nitrogens with one attached hydrogen (secondary N) is 2. The molecule has 2 N–H and O–H groups in total. The molecule has 0 radical (unpaired) electrons. The number of hydrogen-bond acceptors (Lipinski definition) is 3. The highest BCUT2D eigenvalue weighted by molar-refractivity contribution is 7.90. The fourth-order valence-corrected chi connectivity index (χ4v) is 2.15. The molecule has 18 heavy (non-hydrogen) atoms. The van der Waals surface area contributed by atoms with Gasteiger partial charge in [-0.2, -0.15) is 0 Å². The Balaban J connectivity index is 3.66. The molecule has 0 heterocycles. The van der Waals surface area contributed by atoms with Crippen LogP contribution in [0.4, 0.5) is 0 Å². The summed E-state index contributed by atoms with van der Waals surface area (Å²) in [6.07, 6.45) is 4.16. The molecule has 0 aliphatic carbocycles. The Hall–Kier alpha value is -0.780. The zero-order chi connectivity index (χ0) is 14.0. The number of sulfone groups is 1. The van der Waals surface area contributed by atoms with Crippen LogP contribution in [0.2, 0.25) is 0 Å². The fraction of sp³-hybridized carbons (Fsp3) is 0.917. The fourth-order valence-electron chi connectivity index (χ4n) is 1.48. The number of rotatable bonds is 8. The first-order valence-corrected chi connectivity index (χ1v) is 8.53. The molecule has 0 atom stereocenters. The molecule has 0 saturated heterocycles. The summed E-state index contributed by atoms with van der Waals surface area (Å²) in [5.41, 5.74) is 0. The third-order valence-corrected chi connectivity index (χ3v) is 3.49. The smallest absolute Gasteiger partial charge is 0.190 e. The summed E-state index contributed by atoms with van der Waals surface area (Å²) in [4.78, 5) is 4.08. The van der Waals surface area contributed by atoms with Crippen LogP contribution in [0.5, 0.6) is 0 Å². The van der Waals surface area contributed by atoms with Crippen molar-refractivity contribution in [1.29, 1.82) is 0 Å². The molecule has 0 saturated carbocycles. The van der Waals surface area contributed by atoms with E-state index in [9.17, 15) is 8.42 Å². The highest BCUT2D eigenvalue weighted by atomic mass is 32.2. The lowest BCUT2D eigenvalue weighted by Gasteiger charge is -2.12. The lowest BCUT2D eigenvalue weighted by atomic mass is 10.1. The second-order valence-electron chi connectivity index (χ2n) is 4.95. The molecule has 0 bridgehead atoms. The highest BCUT2D eigenvalue weighted by Gasteiger charge is 2.02. The number of guanidine groups is 1. The Morgan fingerprint density at radius 1 is 1.17 bits per heavy atom. The summed E-state index contributed by atoms with van der Waals surface area (Å²) in [7, 11) is -1.14. The third-order valence-electron chi connectivity index (χ3n) is 2.46. The predicted molar refractivity (Wildman–Crippen MR) is 77.8 cm³/mol. The Morgan fingerprint density at radius 2 is 1.72 bits per heavy atom. The van der Waals surface area contributed by atoms with E-state index in [-0.39, 0.29) is 5.75 Å². The van der Waals surface area contributed by atoms with Crippen LogP contribution in [0, 0.1) is 5.92 Å². The van der Waals surface area contributed by atoms with Crippen LogP contribution in [0.3, 0.4) is 0 Å². The van der Waals surface area contributed by atoms with E-state index in [0.29, 0.717) is 13.0 Å². The van der Waals surface area contributed by atoms with Crippen LogP contribution in [0.15, 0.2) is 4.99 Å². The van der Waals surface area contributed by atoms with Crippen molar-refractivity contribution in [3.63, 3.8) is 0 Å². The van der Waals surface area contributed by atoms with Crippen LogP contribution in [0.25, 0.3) is 0 Å². The maximum Gasteiger partial charge on any atom is 0.190 e. The van der Waals surface area contributed by atoms with Crippen molar-refractivity contribution in [2.24, 2.45) is 10.9 Å². The molecule has 0 spiro atoms. The standard InChI is InChI=1S/C12H27N3O2S/c1-11(2)7-5-8-14-12(13-3)15-9-6-10-18(4,16)17/h11H,5-10H2,1-4H3,(H2,13,14,15). The van der Waals surface area contributed by atoms with E-state index in [1.807, 2.05) is 0 Å². The van der Waals surface area contributed by atoms with Gasteiger partial charge in [0.25, 0.3) is 0 Å². The van der Waals surface area contributed by atoms with Crippen molar-refractivity contribution < 1.29 is 8.42 Å². The quantitative estimate of drug-likeness (QED) is 0.395. The minimum atomic E-state index is -2.86. The van der Waals surface area contributed by atoms with Crippen LogP contribution in [-0.4, -0.2) is 46.5 Å². The van der Waals surface area contributed by atoms with Crippen molar-refractivity contribution in [2.75, 3.05) is 32.1 Å². The first-order valence-electron chi connectivity index (χ1n) is 6.47. The maximum atomic E-state index is 10.9. The van der Waals surface area contributed by atoms with Gasteiger partial charge in [-0.25, -0.2) is 8.42 Å². The van der Waals surface area contributed by atoms with E-state index >= 15 is 0 Å². The normalized spacial score (nSPS) is 12.8. The van der Waals surface area contributed by atoms with Crippen molar-refractivity contribution in [2.45, 2.75) is 33.1 Å². The minimum absolute atomic E-state index is 0.213. The second-order valence-corrected chi connectivity index (χ2v) is 7.21. The molecular formula is C12H27N3O2S. The Bertz CT molecular complexity index is 337. The van der Waals surface area contributed by atoms with E-state index in [1.54, 1.807) is 7.05 Å². The number of nitrogens with zero attached hydrogens (tertiary/aromatic N) is 1. The lowest BCUT2D eigenvalue weighted by molar-refractivity contribution is 0.549. The molecule has 0 aliphatic rings.